The van der Waals surface area contributed by atoms with Crippen molar-refractivity contribution in [1.82, 2.24) is 10.2 Å². The molecule has 8 nitrogen and oxygen atoms in total. The average molecular weight is 510 g/mol. The second kappa shape index (κ2) is 9.76. The lowest BCUT2D eigenvalue weighted by molar-refractivity contribution is -0.118. The molecule has 2 heterocycles. The van der Waals surface area contributed by atoms with Gasteiger partial charge in [0.05, 0.1) is 31.8 Å². The summed E-state index contributed by atoms with van der Waals surface area (Å²) in [4.78, 5) is 15.4. The maximum atomic E-state index is 13.6. The smallest absolute Gasteiger partial charge is 0.219 e. The number of hydrogen-bond acceptors (Lipinski definition) is 10. The number of anilines is 1. The first-order chi connectivity index (χ1) is 16.7. The van der Waals surface area contributed by atoms with Crippen LogP contribution in [0.15, 0.2) is 57.9 Å². The molecule has 1 aromatic carbocycles. The van der Waals surface area contributed by atoms with E-state index in [2.05, 4.69) is 36.7 Å². The summed E-state index contributed by atoms with van der Waals surface area (Å²) in [5.41, 5.74) is 8.76. The van der Waals surface area contributed by atoms with Crippen molar-refractivity contribution in [2.24, 2.45) is 11.1 Å². The highest BCUT2D eigenvalue weighted by Gasteiger charge is 2.45. The topological polar surface area (TPSA) is 114 Å². The number of nitrogens with zero attached hydrogens (tertiary/aromatic N) is 4. The minimum Gasteiger partial charge on any atom is -0.493 e. The van der Waals surface area contributed by atoms with E-state index in [0.717, 1.165) is 15.6 Å². The van der Waals surface area contributed by atoms with Crippen LogP contribution in [-0.2, 0) is 4.79 Å². The Morgan fingerprint density at radius 3 is 2.71 bits per heavy atom. The molecule has 1 aromatic heterocycles. The van der Waals surface area contributed by atoms with Gasteiger partial charge in [-0.25, -0.2) is 0 Å². The van der Waals surface area contributed by atoms with Crippen molar-refractivity contribution >= 4 is 34.0 Å². The van der Waals surface area contributed by atoms with Gasteiger partial charge >= 0.3 is 0 Å². The highest BCUT2D eigenvalue weighted by atomic mass is 32.2. The Balaban J connectivity index is 1.92. The van der Waals surface area contributed by atoms with Crippen LogP contribution < -0.4 is 20.1 Å². The fourth-order valence-electron chi connectivity index (χ4n) is 4.57. The van der Waals surface area contributed by atoms with E-state index in [1.807, 2.05) is 6.07 Å². The summed E-state index contributed by atoms with van der Waals surface area (Å²) >= 11 is 2.89. The Morgan fingerprint density at radius 1 is 1.31 bits per heavy atom. The van der Waals surface area contributed by atoms with E-state index < -0.39 is 5.92 Å². The third kappa shape index (κ3) is 4.54. The second-order valence-corrected chi connectivity index (χ2v) is 11.3. The Labute approximate surface area is 213 Å². The monoisotopic (exact) mass is 509 g/mol. The van der Waals surface area contributed by atoms with Crippen LogP contribution >= 0.6 is 23.1 Å². The van der Waals surface area contributed by atoms with Crippen molar-refractivity contribution in [1.29, 1.82) is 5.26 Å². The summed E-state index contributed by atoms with van der Waals surface area (Å²) < 4.78 is 11.6. The van der Waals surface area contributed by atoms with Crippen LogP contribution in [0.1, 0.15) is 38.2 Å². The number of benzene rings is 1. The molecular weight excluding hydrogens is 482 g/mol. The van der Waals surface area contributed by atoms with Gasteiger partial charge in [0.1, 0.15) is 5.82 Å². The summed E-state index contributed by atoms with van der Waals surface area (Å²) in [6, 6.07) is 7.70. The van der Waals surface area contributed by atoms with Gasteiger partial charge in [0, 0.05) is 23.4 Å². The van der Waals surface area contributed by atoms with Crippen LogP contribution in [0.25, 0.3) is 0 Å². The Morgan fingerprint density at radius 2 is 2.06 bits per heavy atom. The van der Waals surface area contributed by atoms with Gasteiger partial charge in [0.25, 0.3) is 0 Å². The largest absolute Gasteiger partial charge is 0.493 e. The number of rotatable bonds is 7. The van der Waals surface area contributed by atoms with Crippen LogP contribution in [0.2, 0.25) is 0 Å². The fourth-order valence-corrected chi connectivity index (χ4v) is 6.22. The number of aromatic nitrogens is 2. The van der Waals surface area contributed by atoms with E-state index in [1.54, 1.807) is 37.3 Å². The first-order valence-electron chi connectivity index (χ1n) is 11.0. The zero-order chi connectivity index (χ0) is 25.3. The number of nitrogens with two attached hydrogens (primary N) is 1. The van der Waals surface area contributed by atoms with Crippen molar-refractivity contribution in [3.8, 4) is 17.6 Å². The second-order valence-electron chi connectivity index (χ2n) is 9.05. The maximum absolute atomic E-state index is 13.6. The van der Waals surface area contributed by atoms with Gasteiger partial charge in [0.2, 0.25) is 5.13 Å². The van der Waals surface area contributed by atoms with E-state index in [0.29, 0.717) is 46.4 Å². The van der Waals surface area contributed by atoms with Crippen LogP contribution in [-0.4, -0.2) is 36.0 Å². The molecule has 1 aliphatic carbocycles. The van der Waals surface area contributed by atoms with Gasteiger partial charge in [-0.05, 0) is 29.5 Å². The Bertz CT molecular complexity index is 1290. The van der Waals surface area contributed by atoms with Gasteiger partial charge in [-0.2, -0.15) is 5.26 Å². The highest BCUT2D eigenvalue weighted by molar-refractivity contribution is 8.01. The summed E-state index contributed by atoms with van der Waals surface area (Å²) in [5.74, 6) is 1.41. The SMILES string of the molecule is C=CCSc1nnc(N2C(N)=C(C#N)C(c3ccc(OC)c(OC)c3)C3=C2CC(C)(C)CC3=O)s1. The van der Waals surface area contributed by atoms with Gasteiger partial charge in [-0.15, -0.1) is 16.8 Å². The first kappa shape index (κ1) is 24.8. The van der Waals surface area contributed by atoms with E-state index >= 15 is 0 Å². The molecule has 0 saturated heterocycles. The Hall–Kier alpha value is -3.29. The molecule has 0 radical (unpaired) electrons. The number of hydrogen-bond donors (Lipinski definition) is 1. The van der Waals surface area contributed by atoms with E-state index in [4.69, 9.17) is 15.2 Å². The first-order valence-corrected chi connectivity index (χ1v) is 12.8. The molecule has 1 atom stereocenters. The molecule has 2 N–H and O–H groups in total. The van der Waals surface area contributed by atoms with E-state index in [1.165, 1.54) is 23.1 Å². The molecular formula is C25H27N5O3S2. The third-order valence-electron chi connectivity index (χ3n) is 6.03. The summed E-state index contributed by atoms with van der Waals surface area (Å²) in [6.07, 6.45) is 2.77. The van der Waals surface area contributed by atoms with Crippen LogP contribution in [0.4, 0.5) is 5.13 Å². The van der Waals surface area contributed by atoms with Crippen molar-refractivity contribution in [3.63, 3.8) is 0 Å². The minimum atomic E-state index is -0.614. The average Bonchev–Trinajstić information content (AvgIpc) is 3.29. The summed E-state index contributed by atoms with van der Waals surface area (Å²) in [5, 5.41) is 19.4. The van der Waals surface area contributed by atoms with Crippen LogP contribution in [0.5, 0.6) is 11.5 Å². The van der Waals surface area contributed by atoms with Crippen molar-refractivity contribution in [3.05, 3.63) is 59.1 Å². The lowest BCUT2D eigenvalue weighted by Crippen LogP contribution is -2.42. The molecule has 1 unspecified atom stereocenters. The number of ether oxygens (including phenoxy) is 2. The molecule has 10 heteroatoms. The Kier molecular flexibility index (Phi) is 6.92. The number of methoxy groups -OCH3 is 2. The highest BCUT2D eigenvalue weighted by Crippen LogP contribution is 2.51. The number of Topliss-reactive ketones (excluding diaryl/α,β-unsaturated/α-hetero) is 1. The fraction of sp³-hybridized carbons (Fsp3) is 0.360. The van der Waals surface area contributed by atoms with Crippen molar-refractivity contribution in [2.75, 3.05) is 24.9 Å². The lowest BCUT2D eigenvalue weighted by Gasteiger charge is -2.42. The van der Waals surface area contributed by atoms with Gasteiger partial charge in [0.15, 0.2) is 21.6 Å². The maximum Gasteiger partial charge on any atom is 0.219 e. The molecule has 4 rings (SSSR count). The van der Waals surface area contributed by atoms with Crippen LogP contribution in [0.3, 0.4) is 0 Å². The normalized spacial score (nSPS) is 19.3. The molecule has 0 amide bonds. The predicted octanol–water partition coefficient (Wildman–Crippen LogP) is 4.77. The molecule has 35 heavy (non-hydrogen) atoms. The zero-order valence-electron chi connectivity index (χ0n) is 20.1. The number of carbonyl (C=O) groups excluding carboxylic acids is 1. The van der Waals surface area contributed by atoms with Gasteiger partial charge < -0.3 is 15.2 Å². The molecule has 182 valence electrons. The number of ketones is 1. The van der Waals surface area contributed by atoms with E-state index in [-0.39, 0.29) is 17.0 Å². The molecule has 0 bridgehead atoms. The molecule has 2 aliphatic rings. The zero-order valence-corrected chi connectivity index (χ0v) is 21.8. The van der Waals surface area contributed by atoms with Gasteiger partial charge in [-0.3, -0.25) is 9.69 Å². The number of nitriles is 1. The summed E-state index contributed by atoms with van der Waals surface area (Å²) in [7, 11) is 3.11. The summed E-state index contributed by atoms with van der Waals surface area (Å²) in [6.45, 7) is 7.86. The minimum absolute atomic E-state index is 0.00736. The third-order valence-corrected chi connectivity index (χ3v) is 8.07. The molecule has 0 saturated carbocycles. The lowest BCUT2D eigenvalue weighted by atomic mass is 9.68. The standard InChI is InChI=1S/C25H27N5O3S2/c1-6-9-34-24-29-28-23(35-24)30-16-11-25(2,3)12-17(31)21(16)20(15(13-26)22(30)27)14-7-8-18(32-4)19(10-14)33-5/h6-8,10,20H,1,9,11-12,27H2,2-5H3. The molecule has 0 spiro atoms. The number of carbonyl (C=O) groups is 1. The molecule has 0 fully saturated rings. The van der Waals surface area contributed by atoms with E-state index in [9.17, 15) is 10.1 Å². The number of allylic oxidation sites excluding steroid dienone is 3. The van der Waals surface area contributed by atoms with Gasteiger partial charge in [-0.1, -0.05) is 49.1 Å². The quantitative estimate of drug-likeness (QED) is 0.416. The molecule has 2 aromatic rings. The van der Waals surface area contributed by atoms with Crippen molar-refractivity contribution in [2.45, 2.75) is 36.9 Å². The van der Waals surface area contributed by atoms with Crippen molar-refractivity contribution < 1.29 is 14.3 Å². The predicted molar refractivity (Wildman–Crippen MR) is 137 cm³/mol. The van der Waals surface area contributed by atoms with Crippen LogP contribution in [0, 0.1) is 16.7 Å². The molecule has 1 aliphatic heterocycles. The number of thioether (sulfide) groups is 1.